The van der Waals surface area contributed by atoms with Gasteiger partial charge >= 0.3 is 0 Å². The molecule has 3 rings (SSSR count). The Kier molecular flexibility index (Phi) is 4.93. The largest absolute Gasteiger partial charge is 0.278 e. The first-order valence-corrected chi connectivity index (χ1v) is 7.79. The number of hydrogen-bond donors (Lipinski definition) is 1. The highest BCUT2D eigenvalue weighted by molar-refractivity contribution is 6.30. The maximum atomic E-state index is 12.3. The highest BCUT2D eigenvalue weighted by Gasteiger charge is 2.15. The molecule has 1 amide bonds. The minimum atomic E-state index is -0.336. The summed E-state index contributed by atoms with van der Waals surface area (Å²) in [6, 6.07) is 16.9. The molecule has 1 aromatic heterocycles. The minimum absolute atomic E-state index is 0.300. The molecule has 0 aliphatic rings. The first-order chi connectivity index (χ1) is 11.6. The van der Waals surface area contributed by atoms with Gasteiger partial charge in [-0.3, -0.25) is 9.63 Å². The summed E-state index contributed by atoms with van der Waals surface area (Å²) in [6.45, 7) is 2.12. The standard InChI is InChI=1S/C18H16ClN3O2/c1-13-17(11-20-22(13)16-9-5-8-15(19)10-16)18(23)21-24-12-14-6-3-2-4-7-14/h2-11H,12H2,1H3,(H,21,23). The average molecular weight is 342 g/mol. The van der Waals surface area contributed by atoms with Crippen LogP contribution in [-0.2, 0) is 11.4 Å². The maximum Gasteiger partial charge on any atom is 0.278 e. The van der Waals surface area contributed by atoms with Gasteiger partial charge in [-0.25, -0.2) is 10.2 Å². The van der Waals surface area contributed by atoms with Crippen LogP contribution in [0.1, 0.15) is 21.6 Å². The number of aromatic nitrogens is 2. The zero-order valence-corrected chi connectivity index (χ0v) is 13.8. The Hall–Kier alpha value is -2.63. The molecule has 5 nitrogen and oxygen atoms in total. The summed E-state index contributed by atoms with van der Waals surface area (Å²) in [7, 11) is 0. The Morgan fingerprint density at radius 1 is 1.21 bits per heavy atom. The van der Waals surface area contributed by atoms with Crippen LogP contribution < -0.4 is 5.48 Å². The molecule has 3 aromatic rings. The van der Waals surface area contributed by atoms with Crippen molar-refractivity contribution in [2.45, 2.75) is 13.5 Å². The molecule has 2 aromatic carbocycles. The summed E-state index contributed by atoms with van der Waals surface area (Å²) in [4.78, 5) is 17.5. The summed E-state index contributed by atoms with van der Waals surface area (Å²) >= 11 is 6.00. The van der Waals surface area contributed by atoms with Crippen molar-refractivity contribution in [3.8, 4) is 5.69 Å². The second-order valence-corrected chi connectivity index (χ2v) is 5.68. The van der Waals surface area contributed by atoms with Gasteiger partial charge in [0.15, 0.2) is 0 Å². The van der Waals surface area contributed by atoms with E-state index < -0.39 is 0 Å². The summed E-state index contributed by atoms with van der Waals surface area (Å²) in [5.74, 6) is -0.336. The van der Waals surface area contributed by atoms with Crippen LogP contribution in [0.25, 0.3) is 5.69 Å². The smallest absolute Gasteiger partial charge is 0.269 e. The number of carbonyl (C=O) groups is 1. The lowest BCUT2D eigenvalue weighted by atomic mass is 10.2. The number of carbonyl (C=O) groups excluding carboxylic acids is 1. The highest BCUT2D eigenvalue weighted by Crippen LogP contribution is 2.18. The fourth-order valence-corrected chi connectivity index (χ4v) is 2.50. The van der Waals surface area contributed by atoms with Crippen molar-refractivity contribution in [3.63, 3.8) is 0 Å². The van der Waals surface area contributed by atoms with Gasteiger partial charge < -0.3 is 0 Å². The molecule has 1 N–H and O–H groups in total. The number of amides is 1. The van der Waals surface area contributed by atoms with Gasteiger partial charge in [0.1, 0.15) is 0 Å². The van der Waals surface area contributed by atoms with E-state index in [1.165, 1.54) is 6.20 Å². The third-order valence-electron chi connectivity index (χ3n) is 3.55. The first kappa shape index (κ1) is 16.2. The normalized spacial score (nSPS) is 10.6. The Bertz CT molecular complexity index is 846. The van der Waals surface area contributed by atoms with Crippen LogP contribution in [-0.4, -0.2) is 15.7 Å². The molecule has 0 bridgehead atoms. The van der Waals surface area contributed by atoms with Crippen LogP contribution >= 0.6 is 11.6 Å². The lowest BCUT2D eigenvalue weighted by Gasteiger charge is -2.07. The van der Waals surface area contributed by atoms with E-state index in [4.69, 9.17) is 16.4 Å². The zero-order chi connectivity index (χ0) is 16.9. The molecule has 0 saturated heterocycles. The lowest BCUT2D eigenvalue weighted by molar-refractivity contribution is 0.0233. The molecular formula is C18H16ClN3O2. The predicted molar refractivity (Wildman–Crippen MR) is 92.0 cm³/mol. The quantitative estimate of drug-likeness (QED) is 0.720. The van der Waals surface area contributed by atoms with E-state index in [9.17, 15) is 4.79 Å². The number of hydrogen-bond acceptors (Lipinski definition) is 3. The number of nitrogens with one attached hydrogen (secondary N) is 1. The fraction of sp³-hybridized carbons (Fsp3) is 0.111. The number of halogens is 1. The third kappa shape index (κ3) is 3.64. The van der Waals surface area contributed by atoms with E-state index in [0.29, 0.717) is 22.9 Å². The topological polar surface area (TPSA) is 56.1 Å². The molecule has 1 heterocycles. The van der Waals surface area contributed by atoms with Crippen molar-refractivity contribution in [3.05, 3.63) is 82.6 Å². The van der Waals surface area contributed by atoms with E-state index in [1.54, 1.807) is 16.8 Å². The second kappa shape index (κ2) is 7.29. The highest BCUT2D eigenvalue weighted by atomic mass is 35.5. The van der Waals surface area contributed by atoms with E-state index in [1.807, 2.05) is 49.4 Å². The van der Waals surface area contributed by atoms with Gasteiger partial charge in [-0.2, -0.15) is 5.10 Å². The molecule has 0 atom stereocenters. The molecule has 0 unspecified atom stereocenters. The predicted octanol–water partition coefficient (Wildman–Crippen LogP) is 3.70. The van der Waals surface area contributed by atoms with E-state index in [-0.39, 0.29) is 5.91 Å². The molecular weight excluding hydrogens is 326 g/mol. The van der Waals surface area contributed by atoms with Gasteiger partial charge in [0.25, 0.3) is 5.91 Å². The van der Waals surface area contributed by atoms with E-state index >= 15 is 0 Å². The van der Waals surface area contributed by atoms with Crippen molar-refractivity contribution in [2.75, 3.05) is 0 Å². The van der Waals surface area contributed by atoms with Gasteiger partial charge in [0, 0.05) is 5.02 Å². The Labute approximate surface area is 144 Å². The Balaban J connectivity index is 1.68. The Morgan fingerprint density at radius 3 is 2.75 bits per heavy atom. The average Bonchev–Trinajstić information content (AvgIpc) is 2.97. The van der Waals surface area contributed by atoms with Crippen LogP contribution in [0.2, 0.25) is 5.02 Å². The van der Waals surface area contributed by atoms with Gasteiger partial charge in [-0.15, -0.1) is 0 Å². The monoisotopic (exact) mass is 341 g/mol. The van der Waals surface area contributed by atoms with Crippen LogP contribution in [0.15, 0.2) is 60.8 Å². The molecule has 0 aliphatic heterocycles. The van der Waals surface area contributed by atoms with Crippen LogP contribution in [0.5, 0.6) is 0 Å². The van der Waals surface area contributed by atoms with Gasteiger partial charge in [0.05, 0.1) is 29.7 Å². The van der Waals surface area contributed by atoms with E-state index in [0.717, 1.165) is 11.3 Å². The van der Waals surface area contributed by atoms with Crippen LogP contribution in [0, 0.1) is 6.92 Å². The Morgan fingerprint density at radius 2 is 2.00 bits per heavy atom. The molecule has 0 saturated carbocycles. The maximum absolute atomic E-state index is 12.3. The molecule has 6 heteroatoms. The summed E-state index contributed by atoms with van der Waals surface area (Å²) in [5.41, 5.74) is 5.37. The summed E-state index contributed by atoms with van der Waals surface area (Å²) in [6.07, 6.45) is 1.51. The third-order valence-corrected chi connectivity index (χ3v) is 3.79. The summed E-state index contributed by atoms with van der Waals surface area (Å²) in [5, 5.41) is 4.87. The number of hydroxylamine groups is 1. The second-order valence-electron chi connectivity index (χ2n) is 5.24. The molecule has 0 spiro atoms. The zero-order valence-electron chi connectivity index (χ0n) is 13.1. The van der Waals surface area contributed by atoms with Gasteiger partial charge in [-0.05, 0) is 30.7 Å². The molecule has 0 aliphatic carbocycles. The van der Waals surface area contributed by atoms with Crippen molar-refractivity contribution < 1.29 is 9.63 Å². The number of rotatable bonds is 5. The van der Waals surface area contributed by atoms with Gasteiger partial charge in [0.2, 0.25) is 0 Å². The molecule has 122 valence electrons. The number of nitrogens with zero attached hydrogens (tertiary/aromatic N) is 2. The van der Waals surface area contributed by atoms with Crippen molar-refractivity contribution in [2.24, 2.45) is 0 Å². The van der Waals surface area contributed by atoms with Crippen LogP contribution in [0.3, 0.4) is 0 Å². The van der Waals surface area contributed by atoms with Crippen molar-refractivity contribution in [1.82, 2.24) is 15.3 Å². The lowest BCUT2D eigenvalue weighted by Crippen LogP contribution is -2.24. The number of benzene rings is 2. The minimum Gasteiger partial charge on any atom is -0.269 e. The van der Waals surface area contributed by atoms with Crippen molar-refractivity contribution >= 4 is 17.5 Å². The first-order valence-electron chi connectivity index (χ1n) is 7.42. The molecule has 0 fully saturated rings. The SMILES string of the molecule is Cc1c(C(=O)NOCc2ccccc2)cnn1-c1cccc(Cl)c1. The van der Waals surface area contributed by atoms with Gasteiger partial charge in [-0.1, -0.05) is 48.0 Å². The molecule has 24 heavy (non-hydrogen) atoms. The molecule has 0 radical (unpaired) electrons. The fourth-order valence-electron chi connectivity index (χ4n) is 2.31. The summed E-state index contributed by atoms with van der Waals surface area (Å²) < 4.78 is 1.66. The van der Waals surface area contributed by atoms with Crippen molar-refractivity contribution in [1.29, 1.82) is 0 Å². The van der Waals surface area contributed by atoms with Crippen LogP contribution in [0.4, 0.5) is 0 Å². The van der Waals surface area contributed by atoms with E-state index in [2.05, 4.69) is 10.6 Å².